The third-order valence-electron chi connectivity index (χ3n) is 6.39. The molecule has 1 saturated carbocycles. The number of anilines is 1. The van der Waals surface area contributed by atoms with Gasteiger partial charge in [0.1, 0.15) is 11.4 Å². The van der Waals surface area contributed by atoms with Crippen LogP contribution in [0.3, 0.4) is 0 Å². The minimum absolute atomic E-state index is 0.0276. The monoisotopic (exact) mass is 414 g/mol. The van der Waals surface area contributed by atoms with Crippen molar-refractivity contribution in [3.05, 3.63) is 29.3 Å². The number of nitrogens with one attached hydrogen (secondary N) is 1. The van der Waals surface area contributed by atoms with E-state index in [1.165, 1.54) is 5.56 Å². The van der Waals surface area contributed by atoms with Crippen LogP contribution in [0, 0.1) is 0 Å². The zero-order chi connectivity index (χ0) is 22.1. The van der Waals surface area contributed by atoms with Crippen molar-refractivity contribution in [1.82, 2.24) is 4.90 Å². The molecule has 1 unspecified atom stereocenters. The van der Waals surface area contributed by atoms with Crippen molar-refractivity contribution in [3.63, 3.8) is 0 Å². The number of carbonyl (C=O) groups excluding carboxylic acids is 3. The average molecular weight is 415 g/mol. The van der Waals surface area contributed by atoms with Gasteiger partial charge in [-0.05, 0) is 69.6 Å². The standard InChI is InChI=1S/C24H34N2O4/c1-6-16(11-14-26(5)22(29)30-23(2,3)4)17-7-8-20-19(15-17)24(21(28)25-20)12-9-18(27)10-13-24/h7-8,15-16H,6,9-14H2,1-5H3,(H,25,28). The van der Waals surface area contributed by atoms with Crippen LogP contribution in [0.4, 0.5) is 10.5 Å². The fourth-order valence-electron chi connectivity index (χ4n) is 4.52. The predicted octanol–water partition coefficient (Wildman–Crippen LogP) is 4.77. The van der Waals surface area contributed by atoms with Crippen LogP contribution >= 0.6 is 0 Å². The minimum atomic E-state index is -0.565. The van der Waals surface area contributed by atoms with E-state index in [2.05, 4.69) is 24.4 Å². The number of amides is 2. The van der Waals surface area contributed by atoms with Crippen LogP contribution in [0.5, 0.6) is 0 Å². The number of hydrogen-bond donors (Lipinski definition) is 1. The second-order valence-corrected chi connectivity index (χ2v) is 9.68. The molecule has 1 aromatic carbocycles. The van der Waals surface area contributed by atoms with E-state index >= 15 is 0 Å². The van der Waals surface area contributed by atoms with Crippen molar-refractivity contribution in [2.75, 3.05) is 18.9 Å². The second-order valence-electron chi connectivity index (χ2n) is 9.68. The molecular formula is C24H34N2O4. The summed E-state index contributed by atoms with van der Waals surface area (Å²) in [5.41, 5.74) is 2.02. The minimum Gasteiger partial charge on any atom is -0.444 e. The fourth-order valence-corrected chi connectivity index (χ4v) is 4.52. The summed E-state index contributed by atoms with van der Waals surface area (Å²) in [4.78, 5) is 38.4. The van der Waals surface area contributed by atoms with Gasteiger partial charge >= 0.3 is 6.09 Å². The van der Waals surface area contributed by atoms with Crippen molar-refractivity contribution < 1.29 is 19.1 Å². The maximum atomic E-state index is 12.8. The lowest BCUT2D eigenvalue weighted by Crippen LogP contribution is -2.38. The summed E-state index contributed by atoms with van der Waals surface area (Å²) in [7, 11) is 1.76. The van der Waals surface area contributed by atoms with E-state index in [4.69, 9.17) is 4.74 Å². The molecule has 2 aliphatic rings. The molecule has 6 nitrogen and oxygen atoms in total. The summed E-state index contributed by atoms with van der Waals surface area (Å²) >= 11 is 0. The van der Waals surface area contributed by atoms with Gasteiger partial charge in [-0.25, -0.2) is 4.79 Å². The summed E-state index contributed by atoms with van der Waals surface area (Å²) in [5, 5.41) is 3.02. The third kappa shape index (κ3) is 4.52. The number of carbonyl (C=O) groups is 3. The van der Waals surface area contributed by atoms with Gasteiger partial charge in [-0.15, -0.1) is 0 Å². The molecular weight excluding hydrogens is 380 g/mol. The van der Waals surface area contributed by atoms with Gasteiger partial charge in [-0.2, -0.15) is 0 Å². The van der Waals surface area contributed by atoms with Gasteiger partial charge in [0, 0.05) is 32.1 Å². The summed E-state index contributed by atoms with van der Waals surface area (Å²) in [6, 6.07) is 6.23. The van der Waals surface area contributed by atoms with Crippen molar-refractivity contribution in [2.24, 2.45) is 0 Å². The van der Waals surface area contributed by atoms with Crippen molar-refractivity contribution in [1.29, 1.82) is 0 Å². The Hall–Kier alpha value is -2.37. The lowest BCUT2D eigenvalue weighted by atomic mass is 9.69. The third-order valence-corrected chi connectivity index (χ3v) is 6.39. The smallest absolute Gasteiger partial charge is 0.410 e. The van der Waals surface area contributed by atoms with E-state index in [1.807, 2.05) is 26.8 Å². The first-order chi connectivity index (χ1) is 14.1. The van der Waals surface area contributed by atoms with Crippen molar-refractivity contribution >= 4 is 23.5 Å². The van der Waals surface area contributed by atoms with Gasteiger partial charge in [0.15, 0.2) is 0 Å². The van der Waals surface area contributed by atoms with Gasteiger partial charge in [0.2, 0.25) is 5.91 Å². The number of hydrogen-bond acceptors (Lipinski definition) is 4. The van der Waals surface area contributed by atoms with Gasteiger partial charge in [-0.1, -0.05) is 19.1 Å². The number of benzene rings is 1. The Labute approximate surface area is 179 Å². The molecule has 164 valence electrons. The highest BCUT2D eigenvalue weighted by atomic mass is 16.6. The molecule has 1 aromatic rings. The molecule has 0 saturated heterocycles. The number of fused-ring (bicyclic) bond motifs is 2. The molecule has 6 heteroatoms. The van der Waals surface area contributed by atoms with Gasteiger partial charge in [0.05, 0.1) is 5.41 Å². The molecule has 2 amide bonds. The normalized spacial score (nSPS) is 18.7. The molecule has 1 fully saturated rings. The van der Waals surface area contributed by atoms with Crippen LogP contribution in [-0.4, -0.2) is 41.9 Å². The van der Waals surface area contributed by atoms with Gasteiger partial charge in [0.25, 0.3) is 0 Å². The number of ketones is 1. The highest BCUT2D eigenvalue weighted by molar-refractivity contribution is 6.07. The van der Waals surface area contributed by atoms with Crippen LogP contribution in [-0.2, 0) is 19.7 Å². The Bertz CT molecular complexity index is 830. The highest BCUT2D eigenvalue weighted by Gasteiger charge is 2.48. The Morgan fingerprint density at radius 3 is 2.50 bits per heavy atom. The topological polar surface area (TPSA) is 75.7 Å². The summed E-state index contributed by atoms with van der Waals surface area (Å²) in [5.74, 6) is 0.549. The summed E-state index contributed by atoms with van der Waals surface area (Å²) < 4.78 is 5.44. The largest absolute Gasteiger partial charge is 0.444 e. The highest BCUT2D eigenvalue weighted by Crippen LogP contribution is 2.47. The summed E-state index contributed by atoms with van der Waals surface area (Å²) in [6.07, 6.45) is 3.56. The van der Waals surface area contributed by atoms with E-state index in [-0.39, 0.29) is 23.7 Å². The van der Waals surface area contributed by atoms with Gasteiger partial charge in [-0.3, -0.25) is 9.59 Å². The summed E-state index contributed by atoms with van der Waals surface area (Å²) in [6.45, 7) is 8.33. The number of rotatable bonds is 5. The number of Topliss-reactive ketones (excluding diaryl/α,β-unsaturated/α-hetero) is 1. The van der Waals surface area contributed by atoms with Crippen molar-refractivity contribution in [3.8, 4) is 0 Å². The Kier molecular flexibility index (Phi) is 6.25. The number of nitrogens with zero attached hydrogens (tertiary/aromatic N) is 1. The maximum Gasteiger partial charge on any atom is 0.410 e. The molecule has 1 atom stereocenters. The molecule has 0 bridgehead atoms. The van der Waals surface area contributed by atoms with E-state index < -0.39 is 11.0 Å². The first-order valence-electron chi connectivity index (χ1n) is 11.0. The van der Waals surface area contributed by atoms with E-state index in [9.17, 15) is 14.4 Å². The maximum absolute atomic E-state index is 12.8. The SMILES string of the molecule is CCC(CCN(C)C(=O)OC(C)(C)C)c1ccc2c(c1)C1(CCC(=O)CC1)C(=O)N2. The molecule has 1 aliphatic carbocycles. The van der Waals surface area contributed by atoms with Crippen LogP contribution in [0.25, 0.3) is 0 Å². The molecule has 1 aliphatic heterocycles. The zero-order valence-electron chi connectivity index (χ0n) is 18.8. The van der Waals surface area contributed by atoms with Gasteiger partial charge < -0.3 is 15.0 Å². The first-order valence-corrected chi connectivity index (χ1v) is 11.0. The van der Waals surface area contributed by atoms with Crippen LogP contribution < -0.4 is 5.32 Å². The molecule has 3 rings (SSSR count). The Balaban J connectivity index is 1.74. The Morgan fingerprint density at radius 2 is 1.90 bits per heavy atom. The van der Waals surface area contributed by atoms with Crippen LogP contribution in [0.15, 0.2) is 18.2 Å². The molecule has 1 heterocycles. The lowest BCUT2D eigenvalue weighted by molar-refractivity contribution is -0.126. The van der Waals surface area contributed by atoms with Crippen LogP contribution in [0.1, 0.15) is 83.3 Å². The van der Waals surface area contributed by atoms with Crippen LogP contribution in [0.2, 0.25) is 0 Å². The first kappa shape index (κ1) is 22.3. The second kappa shape index (κ2) is 8.40. The lowest BCUT2D eigenvalue weighted by Gasteiger charge is -2.31. The van der Waals surface area contributed by atoms with Crippen molar-refractivity contribution in [2.45, 2.75) is 83.2 Å². The average Bonchev–Trinajstić information content (AvgIpc) is 2.94. The fraction of sp³-hybridized carbons (Fsp3) is 0.625. The predicted molar refractivity (Wildman–Crippen MR) is 117 cm³/mol. The zero-order valence-corrected chi connectivity index (χ0v) is 18.8. The molecule has 0 aromatic heterocycles. The molecule has 1 spiro atoms. The molecule has 1 N–H and O–H groups in total. The Morgan fingerprint density at radius 1 is 1.23 bits per heavy atom. The number of ether oxygens (including phenoxy) is 1. The van der Waals surface area contributed by atoms with E-state index in [0.717, 1.165) is 24.1 Å². The molecule has 0 radical (unpaired) electrons. The van der Waals surface area contributed by atoms with E-state index in [0.29, 0.717) is 32.2 Å². The molecule has 30 heavy (non-hydrogen) atoms. The quantitative estimate of drug-likeness (QED) is 0.753. The van der Waals surface area contributed by atoms with E-state index in [1.54, 1.807) is 11.9 Å².